The van der Waals surface area contributed by atoms with Crippen LogP contribution in [0.15, 0.2) is 35.3 Å². The van der Waals surface area contributed by atoms with E-state index < -0.39 is 0 Å². The van der Waals surface area contributed by atoms with E-state index in [2.05, 4.69) is 50.4 Å². The van der Waals surface area contributed by atoms with Gasteiger partial charge >= 0.3 is 0 Å². The van der Waals surface area contributed by atoms with Gasteiger partial charge in [0.2, 0.25) is 5.91 Å². The van der Waals surface area contributed by atoms with Crippen molar-refractivity contribution in [3.8, 4) is 0 Å². The van der Waals surface area contributed by atoms with Gasteiger partial charge in [0.05, 0.1) is 13.2 Å². The SMILES string of the molecule is CN(C)C(=O)CN=C(NCCCN1CCOCC1)N1CCC(Cc2ccccc2)C1. The van der Waals surface area contributed by atoms with E-state index in [0.717, 1.165) is 77.7 Å². The highest BCUT2D eigenvalue weighted by Gasteiger charge is 2.25. The largest absolute Gasteiger partial charge is 0.379 e. The van der Waals surface area contributed by atoms with Crippen LogP contribution in [0.25, 0.3) is 0 Å². The average molecular weight is 416 g/mol. The Balaban J connectivity index is 1.51. The van der Waals surface area contributed by atoms with E-state index in [9.17, 15) is 4.79 Å². The van der Waals surface area contributed by atoms with Gasteiger partial charge < -0.3 is 19.9 Å². The third-order valence-electron chi connectivity index (χ3n) is 5.85. The second-order valence-electron chi connectivity index (χ2n) is 8.45. The van der Waals surface area contributed by atoms with Crippen molar-refractivity contribution in [1.29, 1.82) is 0 Å². The monoisotopic (exact) mass is 415 g/mol. The van der Waals surface area contributed by atoms with E-state index in [-0.39, 0.29) is 12.5 Å². The number of aliphatic imine (C=N–C) groups is 1. The molecule has 1 aromatic carbocycles. The van der Waals surface area contributed by atoms with Gasteiger partial charge in [-0.25, -0.2) is 4.99 Å². The Hall–Kier alpha value is -2.12. The molecule has 1 unspecified atom stereocenters. The van der Waals surface area contributed by atoms with E-state index in [0.29, 0.717) is 5.92 Å². The molecule has 166 valence electrons. The van der Waals surface area contributed by atoms with Crippen molar-refractivity contribution in [2.45, 2.75) is 19.3 Å². The molecule has 3 rings (SSSR count). The zero-order chi connectivity index (χ0) is 21.2. The normalized spacial score (nSPS) is 20.4. The summed E-state index contributed by atoms with van der Waals surface area (Å²) in [5.74, 6) is 1.53. The first-order chi connectivity index (χ1) is 14.6. The van der Waals surface area contributed by atoms with Crippen molar-refractivity contribution in [3.63, 3.8) is 0 Å². The van der Waals surface area contributed by atoms with Crippen LogP contribution in [-0.2, 0) is 16.0 Å². The van der Waals surface area contributed by atoms with E-state index in [1.807, 2.05) is 0 Å². The lowest BCUT2D eigenvalue weighted by Gasteiger charge is -2.27. The number of carbonyl (C=O) groups excluding carboxylic acids is 1. The molecule has 1 N–H and O–H groups in total. The number of nitrogens with zero attached hydrogens (tertiary/aromatic N) is 4. The van der Waals surface area contributed by atoms with Gasteiger partial charge in [0.25, 0.3) is 0 Å². The molecule has 2 fully saturated rings. The van der Waals surface area contributed by atoms with E-state index in [1.54, 1.807) is 19.0 Å². The summed E-state index contributed by atoms with van der Waals surface area (Å²) < 4.78 is 5.42. The summed E-state index contributed by atoms with van der Waals surface area (Å²) >= 11 is 0. The molecule has 0 aromatic heterocycles. The van der Waals surface area contributed by atoms with Gasteiger partial charge in [-0.15, -0.1) is 0 Å². The Morgan fingerprint density at radius 2 is 1.97 bits per heavy atom. The van der Waals surface area contributed by atoms with Gasteiger partial charge in [-0.3, -0.25) is 9.69 Å². The lowest BCUT2D eigenvalue weighted by atomic mass is 9.99. The fourth-order valence-electron chi connectivity index (χ4n) is 4.02. The Labute approximate surface area is 181 Å². The number of nitrogens with one attached hydrogen (secondary N) is 1. The molecule has 1 aromatic rings. The topological polar surface area (TPSA) is 60.4 Å². The van der Waals surface area contributed by atoms with Gasteiger partial charge in [0, 0.05) is 46.8 Å². The summed E-state index contributed by atoms with van der Waals surface area (Å²) in [4.78, 5) is 23.1. The molecule has 2 saturated heterocycles. The molecule has 2 aliphatic heterocycles. The second-order valence-corrected chi connectivity index (χ2v) is 8.45. The maximum absolute atomic E-state index is 12.1. The number of hydrogen-bond acceptors (Lipinski definition) is 4. The molecule has 2 heterocycles. The molecule has 0 spiro atoms. The standard InChI is InChI=1S/C23H37N5O2/c1-26(2)22(29)18-25-23(24-10-6-11-27-13-15-30-16-14-27)28-12-9-21(19-28)17-20-7-4-3-5-8-20/h3-5,7-8,21H,6,9-19H2,1-2H3,(H,24,25). The van der Waals surface area contributed by atoms with Crippen LogP contribution in [0.4, 0.5) is 0 Å². The van der Waals surface area contributed by atoms with Gasteiger partial charge in [0.1, 0.15) is 6.54 Å². The number of hydrogen-bond donors (Lipinski definition) is 1. The molecule has 1 amide bonds. The van der Waals surface area contributed by atoms with E-state index >= 15 is 0 Å². The Morgan fingerprint density at radius 3 is 2.70 bits per heavy atom. The zero-order valence-corrected chi connectivity index (χ0v) is 18.6. The zero-order valence-electron chi connectivity index (χ0n) is 18.6. The number of rotatable bonds is 8. The average Bonchev–Trinajstić information content (AvgIpc) is 3.22. The van der Waals surface area contributed by atoms with Gasteiger partial charge in [-0.1, -0.05) is 30.3 Å². The van der Waals surface area contributed by atoms with Crippen LogP contribution in [0.5, 0.6) is 0 Å². The first-order valence-electron chi connectivity index (χ1n) is 11.2. The minimum atomic E-state index is 0.0302. The number of amides is 1. The number of carbonyl (C=O) groups is 1. The summed E-state index contributed by atoms with van der Waals surface area (Å²) in [5, 5.41) is 3.53. The van der Waals surface area contributed by atoms with Crippen LogP contribution in [0, 0.1) is 5.92 Å². The van der Waals surface area contributed by atoms with Crippen molar-refractivity contribution in [2.75, 3.05) is 73.1 Å². The van der Waals surface area contributed by atoms with E-state index in [1.165, 1.54) is 5.56 Å². The van der Waals surface area contributed by atoms with Crippen molar-refractivity contribution in [1.82, 2.24) is 20.0 Å². The third-order valence-corrected chi connectivity index (χ3v) is 5.85. The molecule has 1 atom stereocenters. The second kappa shape index (κ2) is 11.9. The van der Waals surface area contributed by atoms with Crippen LogP contribution in [0.1, 0.15) is 18.4 Å². The molecule has 0 aliphatic carbocycles. The molecule has 2 aliphatic rings. The first kappa shape index (κ1) is 22.6. The smallest absolute Gasteiger partial charge is 0.243 e. The number of morpholine rings is 1. The summed E-state index contributed by atoms with van der Waals surface area (Å²) in [6.45, 7) is 7.81. The fourth-order valence-corrected chi connectivity index (χ4v) is 4.02. The minimum absolute atomic E-state index is 0.0302. The summed E-state index contributed by atoms with van der Waals surface area (Å²) in [6, 6.07) is 10.7. The number of likely N-dealkylation sites (N-methyl/N-ethyl adjacent to an activating group) is 1. The highest BCUT2D eigenvalue weighted by Crippen LogP contribution is 2.21. The summed E-state index contributed by atoms with van der Waals surface area (Å²) in [5.41, 5.74) is 1.39. The predicted molar refractivity (Wildman–Crippen MR) is 121 cm³/mol. The Bertz CT molecular complexity index is 673. The predicted octanol–water partition coefficient (Wildman–Crippen LogP) is 1.31. The molecular formula is C23H37N5O2. The molecule has 7 heteroatoms. The van der Waals surface area contributed by atoms with Gasteiger partial charge in [-0.2, -0.15) is 0 Å². The molecular weight excluding hydrogens is 378 g/mol. The van der Waals surface area contributed by atoms with E-state index in [4.69, 9.17) is 4.74 Å². The molecule has 0 bridgehead atoms. The maximum atomic E-state index is 12.1. The van der Waals surface area contributed by atoms with Crippen LogP contribution < -0.4 is 5.32 Å². The van der Waals surface area contributed by atoms with Crippen molar-refractivity contribution >= 4 is 11.9 Å². The number of guanidine groups is 1. The Morgan fingerprint density at radius 1 is 1.20 bits per heavy atom. The van der Waals surface area contributed by atoms with Crippen molar-refractivity contribution in [2.24, 2.45) is 10.9 Å². The molecule has 7 nitrogen and oxygen atoms in total. The Kier molecular flexibility index (Phi) is 8.96. The van der Waals surface area contributed by atoms with Gasteiger partial charge in [-0.05, 0) is 37.3 Å². The minimum Gasteiger partial charge on any atom is -0.379 e. The van der Waals surface area contributed by atoms with Crippen molar-refractivity contribution < 1.29 is 9.53 Å². The van der Waals surface area contributed by atoms with Crippen LogP contribution in [0.3, 0.4) is 0 Å². The number of likely N-dealkylation sites (tertiary alicyclic amines) is 1. The highest BCUT2D eigenvalue weighted by atomic mass is 16.5. The van der Waals surface area contributed by atoms with Gasteiger partial charge in [0.15, 0.2) is 5.96 Å². The third kappa shape index (κ3) is 7.29. The highest BCUT2D eigenvalue weighted by molar-refractivity contribution is 5.85. The van der Waals surface area contributed by atoms with Crippen LogP contribution in [-0.4, -0.2) is 99.7 Å². The quantitative estimate of drug-likeness (QED) is 0.394. The molecule has 0 radical (unpaired) electrons. The first-order valence-corrected chi connectivity index (χ1v) is 11.2. The lowest BCUT2D eigenvalue weighted by Crippen LogP contribution is -2.43. The maximum Gasteiger partial charge on any atom is 0.243 e. The number of ether oxygens (including phenoxy) is 1. The molecule has 0 saturated carbocycles. The fraction of sp³-hybridized carbons (Fsp3) is 0.652. The lowest BCUT2D eigenvalue weighted by molar-refractivity contribution is -0.127. The summed E-state index contributed by atoms with van der Waals surface area (Å²) in [7, 11) is 3.55. The van der Waals surface area contributed by atoms with Crippen molar-refractivity contribution in [3.05, 3.63) is 35.9 Å². The van der Waals surface area contributed by atoms with Crippen LogP contribution >= 0.6 is 0 Å². The summed E-state index contributed by atoms with van der Waals surface area (Å²) in [6.07, 6.45) is 3.31. The molecule has 30 heavy (non-hydrogen) atoms. The number of benzene rings is 1. The van der Waals surface area contributed by atoms with Crippen LogP contribution in [0.2, 0.25) is 0 Å².